The summed E-state index contributed by atoms with van der Waals surface area (Å²) in [5.41, 5.74) is 0. The fourth-order valence-electron chi connectivity index (χ4n) is 3.00. The highest BCUT2D eigenvalue weighted by Gasteiger charge is 2.28. The average Bonchev–Trinajstić information content (AvgIpc) is 3.14. The molecule has 1 aliphatic rings. The molecule has 1 aromatic carbocycles. The standard InChI is InChI=1S/C20H24N2O4S/c1-14-4-9-18(27-14)20(24)22-12-10-21(11-13-22)19(23)15(2)26-17-7-5-16(25-3)6-8-17/h4-9,15H,10-13H2,1-3H3. The second-order valence-electron chi connectivity index (χ2n) is 6.46. The third-order valence-electron chi connectivity index (χ3n) is 4.55. The first-order valence-electron chi connectivity index (χ1n) is 8.93. The second-order valence-corrected chi connectivity index (χ2v) is 7.75. The Balaban J connectivity index is 1.52. The van der Waals surface area contributed by atoms with Crippen LogP contribution in [0.5, 0.6) is 11.5 Å². The molecule has 1 saturated heterocycles. The van der Waals surface area contributed by atoms with Crippen molar-refractivity contribution < 1.29 is 19.1 Å². The van der Waals surface area contributed by atoms with Crippen molar-refractivity contribution in [1.29, 1.82) is 0 Å². The van der Waals surface area contributed by atoms with Gasteiger partial charge in [0, 0.05) is 31.1 Å². The van der Waals surface area contributed by atoms with Crippen LogP contribution in [0, 0.1) is 6.92 Å². The summed E-state index contributed by atoms with van der Waals surface area (Å²) in [6.45, 7) is 5.85. The van der Waals surface area contributed by atoms with Crippen LogP contribution in [0.15, 0.2) is 36.4 Å². The quantitative estimate of drug-likeness (QED) is 0.790. The summed E-state index contributed by atoms with van der Waals surface area (Å²) in [4.78, 5) is 30.6. The Bertz CT molecular complexity index is 795. The number of hydrogen-bond acceptors (Lipinski definition) is 5. The summed E-state index contributed by atoms with van der Waals surface area (Å²) in [6, 6.07) is 11.0. The first kappa shape index (κ1) is 19.2. The SMILES string of the molecule is COc1ccc(OC(C)C(=O)N2CCN(C(=O)c3ccc(C)s3)CC2)cc1. The molecule has 0 saturated carbocycles. The van der Waals surface area contributed by atoms with E-state index in [0.717, 1.165) is 15.5 Å². The van der Waals surface area contributed by atoms with Crippen LogP contribution < -0.4 is 9.47 Å². The van der Waals surface area contributed by atoms with Crippen LogP contribution in [0.25, 0.3) is 0 Å². The van der Waals surface area contributed by atoms with Crippen molar-refractivity contribution >= 4 is 23.2 Å². The molecule has 0 aliphatic carbocycles. The molecule has 0 bridgehead atoms. The lowest BCUT2D eigenvalue weighted by Gasteiger charge is -2.35. The molecule has 2 heterocycles. The van der Waals surface area contributed by atoms with Gasteiger partial charge >= 0.3 is 0 Å². The minimum atomic E-state index is -0.583. The lowest BCUT2D eigenvalue weighted by molar-refractivity contribution is -0.139. The molecule has 1 unspecified atom stereocenters. The third-order valence-corrected chi connectivity index (χ3v) is 5.54. The summed E-state index contributed by atoms with van der Waals surface area (Å²) in [6.07, 6.45) is -0.583. The van der Waals surface area contributed by atoms with Crippen LogP contribution in [-0.2, 0) is 4.79 Å². The van der Waals surface area contributed by atoms with Crippen molar-refractivity contribution in [2.24, 2.45) is 0 Å². The number of thiophene rings is 1. The smallest absolute Gasteiger partial charge is 0.264 e. The lowest BCUT2D eigenvalue weighted by Crippen LogP contribution is -2.53. The molecule has 1 fully saturated rings. The number of nitrogens with zero attached hydrogens (tertiary/aromatic N) is 2. The molecule has 27 heavy (non-hydrogen) atoms. The van der Waals surface area contributed by atoms with Gasteiger partial charge in [-0.3, -0.25) is 9.59 Å². The maximum absolute atomic E-state index is 12.7. The molecule has 3 rings (SSSR count). The highest BCUT2D eigenvalue weighted by Crippen LogP contribution is 2.20. The molecule has 1 aliphatic heterocycles. The Kier molecular flexibility index (Phi) is 6.01. The van der Waals surface area contributed by atoms with Gasteiger partial charge in [-0.05, 0) is 50.2 Å². The predicted molar refractivity (Wildman–Crippen MR) is 105 cm³/mol. The van der Waals surface area contributed by atoms with Gasteiger partial charge in [0.25, 0.3) is 11.8 Å². The zero-order valence-corrected chi connectivity index (χ0v) is 16.6. The molecule has 0 spiro atoms. The molecule has 2 amide bonds. The number of benzene rings is 1. The first-order chi connectivity index (χ1) is 13.0. The molecule has 2 aromatic rings. The summed E-state index contributed by atoms with van der Waals surface area (Å²) < 4.78 is 10.9. The van der Waals surface area contributed by atoms with Gasteiger partial charge < -0.3 is 19.3 Å². The number of ether oxygens (including phenoxy) is 2. The maximum Gasteiger partial charge on any atom is 0.264 e. The fourth-order valence-corrected chi connectivity index (χ4v) is 3.84. The van der Waals surface area contributed by atoms with Gasteiger partial charge in [0.15, 0.2) is 6.10 Å². The highest BCUT2D eigenvalue weighted by atomic mass is 32.1. The largest absolute Gasteiger partial charge is 0.497 e. The minimum Gasteiger partial charge on any atom is -0.497 e. The van der Waals surface area contributed by atoms with Crippen LogP contribution in [0.2, 0.25) is 0 Å². The average molecular weight is 388 g/mol. The summed E-state index contributed by atoms with van der Waals surface area (Å²) in [7, 11) is 1.60. The van der Waals surface area contributed by atoms with Crippen molar-refractivity contribution in [2.45, 2.75) is 20.0 Å². The maximum atomic E-state index is 12.7. The van der Waals surface area contributed by atoms with Gasteiger partial charge in [-0.2, -0.15) is 0 Å². The topological polar surface area (TPSA) is 59.1 Å². The molecule has 6 nitrogen and oxygen atoms in total. The monoisotopic (exact) mass is 388 g/mol. The van der Waals surface area contributed by atoms with Gasteiger partial charge in [0.2, 0.25) is 0 Å². The lowest BCUT2D eigenvalue weighted by atomic mass is 10.2. The van der Waals surface area contributed by atoms with Gasteiger partial charge in [-0.15, -0.1) is 11.3 Å². The van der Waals surface area contributed by atoms with Gasteiger partial charge in [0.1, 0.15) is 11.5 Å². The van der Waals surface area contributed by atoms with Crippen molar-refractivity contribution in [3.8, 4) is 11.5 Å². The highest BCUT2D eigenvalue weighted by molar-refractivity contribution is 7.13. The summed E-state index contributed by atoms with van der Waals surface area (Å²) in [5, 5.41) is 0. The Morgan fingerprint density at radius 3 is 2.11 bits per heavy atom. The molecule has 144 valence electrons. The number of carbonyl (C=O) groups is 2. The number of hydrogen-bond donors (Lipinski definition) is 0. The van der Waals surface area contributed by atoms with E-state index in [2.05, 4.69) is 0 Å². The Hall–Kier alpha value is -2.54. The fraction of sp³-hybridized carbons (Fsp3) is 0.400. The number of amides is 2. The van der Waals surface area contributed by atoms with Crippen LogP contribution in [0.3, 0.4) is 0 Å². The molecular formula is C20H24N2O4S. The predicted octanol–water partition coefficient (Wildman–Crippen LogP) is 2.82. The van der Waals surface area contributed by atoms with E-state index in [1.54, 1.807) is 43.2 Å². The summed E-state index contributed by atoms with van der Waals surface area (Å²) in [5.74, 6) is 1.34. The summed E-state index contributed by atoms with van der Waals surface area (Å²) >= 11 is 1.50. The van der Waals surface area contributed by atoms with E-state index >= 15 is 0 Å². The second kappa shape index (κ2) is 8.43. The van der Waals surface area contributed by atoms with Crippen molar-refractivity contribution in [1.82, 2.24) is 9.80 Å². The Morgan fingerprint density at radius 2 is 1.56 bits per heavy atom. The zero-order chi connectivity index (χ0) is 19.4. The van der Waals surface area contributed by atoms with E-state index in [0.29, 0.717) is 31.9 Å². The van der Waals surface area contributed by atoms with E-state index in [4.69, 9.17) is 9.47 Å². The molecular weight excluding hydrogens is 364 g/mol. The molecule has 0 N–H and O–H groups in total. The van der Waals surface area contributed by atoms with E-state index in [9.17, 15) is 9.59 Å². The van der Waals surface area contributed by atoms with Gasteiger partial charge in [-0.25, -0.2) is 0 Å². The van der Waals surface area contributed by atoms with E-state index in [1.165, 1.54) is 11.3 Å². The number of piperazine rings is 1. The number of aryl methyl sites for hydroxylation is 1. The Labute approximate surface area is 163 Å². The van der Waals surface area contributed by atoms with Crippen molar-refractivity contribution in [2.75, 3.05) is 33.3 Å². The van der Waals surface area contributed by atoms with E-state index in [1.807, 2.05) is 24.0 Å². The van der Waals surface area contributed by atoms with Gasteiger partial charge in [0.05, 0.1) is 12.0 Å². The van der Waals surface area contributed by atoms with E-state index < -0.39 is 6.10 Å². The van der Waals surface area contributed by atoms with Crippen LogP contribution in [0.4, 0.5) is 0 Å². The van der Waals surface area contributed by atoms with Gasteiger partial charge in [-0.1, -0.05) is 0 Å². The van der Waals surface area contributed by atoms with Crippen molar-refractivity contribution in [3.63, 3.8) is 0 Å². The molecule has 0 radical (unpaired) electrons. The molecule has 1 atom stereocenters. The van der Waals surface area contributed by atoms with Crippen molar-refractivity contribution in [3.05, 3.63) is 46.2 Å². The number of carbonyl (C=O) groups excluding carboxylic acids is 2. The Morgan fingerprint density at radius 1 is 0.963 bits per heavy atom. The van der Waals surface area contributed by atoms with Crippen LogP contribution in [0.1, 0.15) is 21.5 Å². The van der Waals surface area contributed by atoms with Crippen LogP contribution in [-0.4, -0.2) is 61.0 Å². The normalized spacial score (nSPS) is 15.4. The van der Waals surface area contributed by atoms with E-state index in [-0.39, 0.29) is 11.8 Å². The molecule has 1 aromatic heterocycles. The first-order valence-corrected chi connectivity index (χ1v) is 9.75. The minimum absolute atomic E-state index is 0.0442. The molecule has 7 heteroatoms. The third kappa shape index (κ3) is 4.60. The van der Waals surface area contributed by atoms with Crippen LogP contribution >= 0.6 is 11.3 Å². The number of methoxy groups -OCH3 is 1. The zero-order valence-electron chi connectivity index (χ0n) is 15.8. The number of rotatable bonds is 5.